The minimum Gasteiger partial charge on any atom is -0.469 e. The molecule has 2 aliphatic rings. The van der Waals surface area contributed by atoms with E-state index in [-0.39, 0.29) is 25.6 Å². The summed E-state index contributed by atoms with van der Waals surface area (Å²) in [5, 5.41) is 3.15. The smallest absolute Gasteiger partial charge is 0.313 e. The maximum absolute atomic E-state index is 14.1. The SMILES string of the molecule is COC(=O)[C@]1(CC2(F)COC2)CCCNC1. The fourth-order valence-corrected chi connectivity index (χ4v) is 2.61. The zero-order chi connectivity index (χ0) is 11.6. The van der Waals surface area contributed by atoms with Crippen molar-refractivity contribution in [1.29, 1.82) is 0 Å². The lowest BCUT2D eigenvalue weighted by molar-refractivity contribution is -0.174. The van der Waals surface area contributed by atoms with E-state index < -0.39 is 11.1 Å². The van der Waals surface area contributed by atoms with Crippen LogP contribution in [0.1, 0.15) is 19.3 Å². The van der Waals surface area contributed by atoms with Crippen LogP contribution in [0.15, 0.2) is 0 Å². The first-order valence-corrected chi connectivity index (χ1v) is 5.66. The lowest BCUT2D eigenvalue weighted by Gasteiger charge is -2.43. The number of piperidine rings is 1. The number of carbonyl (C=O) groups is 1. The minimum atomic E-state index is -1.34. The van der Waals surface area contributed by atoms with Gasteiger partial charge in [0.1, 0.15) is 0 Å². The highest BCUT2D eigenvalue weighted by Crippen LogP contribution is 2.41. The predicted octanol–water partition coefficient (Wildman–Crippen LogP) is 0.658. The Morgan fingerprint density at radius 3 is 2.75 bits per heavy atom. The lowest BCUT2D eigenvalue weighted by atomic mass is 9.72. The molecule has 0 aromatic rings. The molecule has 0 aromatic heterocycles. The number of hydrogen-bond donors (Lipinski definition) is 1. The van der Waals surface area contributed by atoms with Crippen LogP contribution in [0.2, 0.25) is 0 Å². The van der Waals surface area contributed by atoms with E-state index in [0.29, 0.717) is 13.0 Å². The molecule has 2 saturated heterocycles. The van der Waals surface area contributed by atoms with Crippen molar-refractivity contribution in [3.63, 3.8) is 0 Å². The molecule has 0 unspecified atom stereocenters. The second-order valence-electron chi connectivity index (χ2n) is 4.87. The van der Waals surface area contributed by atoms with Crippen LogP contribution in [0.25, 0.3) is 0 Å². The average Bonchev–Trinajstić information content (AvgIpc) is 2.27. The zero-order valence-electron chi connectivity index (χ0n) is 9.55. The van der Waals surface area contributed by atoms with E-state index in [1.54, 1.807) is 0 Å². The quantitative estimate of drug-likeness (QED) is 0.725. The Morgan fingerprint density at radius 1 is 1.56 bits per heavy atom. The molecule has 0 aromatic carbocycles. The van der Waals surface area contributed by atoms with Gasteiger partial charge < -0.3 is 14.8 Å². The number of hydrogen-bond acceptors (Lipinski definition) is 4. The molecule has 0 radical (unpaired) electrons. The Bertz CT molecular complexity index is 272. The van der Waals surface area contributed by atoms with Crippen molar-refractivity contribution in [2.24, 2.45) is 5.41 Å². The van der Waals surface area contributed by atoms with Crippen molar-refractivity contribution in [3.8, 4) is 0 Å². The van der Waals surface area contributed by atoms with Crippen LogP contribution in [0.3, 0.4) is 0 Å². The fraction of sp³-hybridized carbons (Fsp3) is 0.909. The summed E-state index contributed by atoms with van der Waals surface area (Å²) in [7, 11) is 1.36. The first-order chi connectivity index (χ1) is 7.60. The molecule has 16 heavy (non-hydrogen) atoms. The summed E-state index contributed by atoms with van der Waals surface area (Å²) >= 11 is 0. The Labute approximate surface area is 94.5 Å². The first-order valence-electron chi connectivity index (χ1n) is 5.66. The van der Waals surface area contributed by atoms with E-state index in [9.17, 15) is 9.18 Å². The van der Waals surface area contributed by atoms with E-state index in [4.69, 9.17) is 9.47 Å². The van der Waals surface area contributed by atoms with Crippen molar-refractivity contribution >= 4 is 5.97 Å². The highest BCUT2D eigenvalue weighted by Gasteiger charge is 2.51. The van der Waals surface area contributed by atoms with Gasteiger partial charge in [-0.1, -0.05) is 0 Å². The molecule has 2 aliphatic heterocycles. The van der Waals surface area contributed by atoms with Gasteiger partial charge in [0.2, 0.25) is 0 Å². The van der Waals surface area contributed by atoms with Gasteiger partial charge >= 0.3 is 5.97 Å². The monoisotopic (exact) mass is 231 g/mol. The summed E-state index contributed by atoms with van der Waals surface area (Å²) in [4.78, 5) is 11.8. The summed E-state index contributed by atoms with van der Waals surface area (Å²) in [6, 6.07) is 0. The van der Waals surface area contributed by atoms with Crippen molar-refractivity contribution in [2.75, 3.05) is 33.4 Å². The Balaban J connectivity index is 2.09. The number of rotatable bonds is 3. The second-order valence-corrected chi connectivity index (χ2v) is 4.87. The number of halogens is 1. The molecule has 0 bridgehead atoms. The Morgan fingerprint density at radius 2 is 2.31 bits per heavy atom. The molecular weight excluding hydrogens is 213 g/mol. The van der Waals surface area contributed by atoms with Crippen molar-refractivity contribution in [1.82, 2.24) is 5.32 Å². The lowest BCUT2D eigenvalue weighted by Crippen LogP contribution is -2.55. The summed E-state index contributed by atoms with van der Waals surface area (Å²) in [6.45, 7) is 1.59. The molecular formula is C11H18FNO3. The molecule has 0 amide bonds. The summed E-state index contributed by atoms with van der Waals surface area (Å²) in [5.74, 6) is -0.302. The van der Waals surface area contributed by atoms with Crippen LogP contribution in [0.5, 0.6) is 0 Å². The Kier molecular flexibility index (Phi) is 3.17. The number of carbonyl (C=O) groups excluding carboxylic acids is 1. The second kappa shape index (κ2) is 4.30. The van der Waals surface area contributed by atoms with E-state index in [1.165, 1.54) is 7.11 Å². The summed E-state index contributed by atoms with van der Waals surface area (Å²) in [6.07, 6.45) is 1.78. The molecule has 0 spiro atoms. The van der Waals surface area contributed by atoms with Crippen LogP contribution in [0, 0.1) is 5.41 Å². The molecule has 1 N–H and O–H groups in total. The summed E-state index contributed by atoms with van der Waals surface area (Å²) < 4.78 is 23.8. The molecule has 0 saturated carbocycles. The standard InChI is InChI=1S/C11H18FNO3/c1-15-9(14)10(3-2-4-13-6-10)5-11(12)7-16-8-11/h13H,2-8H2,1H3/t10-/m0/s1. The van der Waals surface area contributed by atoms with Gasteiger partial charge in [-0.05, 0) is 19.4 Å². The number of ether oxygens (including phenoxy) is 2. The molecule has 5 heteroatoms. The molecule has 4 nitrogen and oxygen atoms in total. The van der Waals surface area contributed by atoms with E-state index >= 15 is 0 Å². The van der Waals surface area contributed by atoms with Gasteiger partial charge in [-0.15, -0.1) is 0 Å². The van der Waals surface area contributed by atoms with Crippen LogP contribution < -0.4 is 5.32 Å². The maximum atomic E-state index is 14.1. The van der Waals surface area contributed by atoms with Crippen LogP contribution in [0.4, 0.5) is 4.39 Å². The molecule has 2 heterocycles. The van der Waals surface area contributed by atoms with Crippen LogP contribution in [-0.2, 0) is 14.3 Å². The molecule has 1 atom stereocenters. The molecule has 92 valence electrons. The number of alkyl halides is 1. The van der Waals surface area contributed by atoms with Gasteiger partial charge in [0.05, 0.1) is 25.7 Å². The minimum absolute atomic E-state index is 0.103. The van der Waals surface area contributed by atoms with Crippen molar-refractivity contribution in [3.05, 3.63) is 0 Å². The van der Waals surface area contributed by atoms with Crippen molar-refractivity contribution < 1.29 is 18.7 Å². The van der Waals surface area contributed by atoms with Gasteiger partial charge in [-0.2, -0.15) is 0 Å². The first kappa shape index (κ1) is 11.8. The Hall–Kier alpha value is -0.680. The van der Waals surface area contributed by atoms with E-state index in [1.807, 2.05) is 0 Å². The van der Waals surface area contributed by atoms with Gasteiger partial charge in [-0.3, -0.25) is 4.79 Å². The number of esters is 1. The van der Waals surface area contributed by atoms with Crippen molar-refractivity contribution in [2.45, 2.75) is 24.9 Å². The number of methoxy groups -OCH3 is 1. The van der Waals surface area contributed by atoms with Gasteiger partial charge in [0, 0.05) is 13.0 Å². The van der Waals surface area contributed by atoms with Gasteiger partial charge in [0.25, 0.3) is 0 Å². The average molecular weight is 231 g/mol. The third kappa shape index (κ3) is 2.06. The third-order valence-corrected chi connectivity index (χ3v) is 3.47. The van der Waals surface area contributed by atoms with E-state index in [2.05, 4.69) is 5.32 Å². The third-order valence-electron chi connectivity index (χ3n) is 3.47. The van der Waals surface area contributed by atoms with Crippen LogP contribution >= 0.6 is 0 Å². The largest absolute Gasteiger partial charge is 0.469 e. The highest BCUT2D eigenvalue weighted by atomic mass is 19.1. The predicted molar refractivity (Wildman–Crippen MR) is 55.8 cm³/mol. The van der Waals surface area contributed by atoms with E-state index in [0.717, 1.165) is 13.0 Å². The zero-order valence-corrected chi connectivity index (χ0v) is 9.55. The molecule has 2 rings (SSSR count). The van der Waals surface area contributed by atoms with Gasteiger partial charge in [0.15, 0.2) is 5.67 Å². The normalized spacial score (nSPS) is 32.9. The van der Waals surface area contributed by atoms with Gasteiger partial charge in [-0.25, -0.2) is 4.39 Å². The summed E-state index contributed by atoms with van der Waals surface area (Å²) in [5.41, 5.74) is -2.04. The fourth-order valence-electron chi connectivity index (χ4n) is 2.61. The number of nitrogens with one attached hydrogen (secondary N) is 1. The van der Waals surface area contributed by atoms with Crippen LogP contribution in [-0.4, -0.2) is 45.1 Å². The highest BCUT2D eigenvalue weighted by molar-refractivity contribution is 5.77. The topological polar surface area (TPSA) is 47.6 Å². The molecule has 0 aliphatic carbocycles. The maximum Gasteiger partial charge on any atom is 0.313 e. The molecule has 2 fully saturated rings.